The number of amides is 2. The summed E-state index contributed by atoms with van der Waals surface area (Å²) in [6.45, 7) is 3.67. The van der Waals surface area contributed by atoms with Crippen molar-refractivity contribution in [1.82, 2.24) is 0 Å². The molecule has 0 bridgehead atoms. The fourth-order valence-corrected chi connectivity index (χ4v) is 4.14. The summed E-state index contributed by atoms with van der Waals surface area (Å²) in [4.78, 5) is 33.2. The van der Waals surface area contributed by atoms with Gasteiger partial charge >= 0.3 is 0 Å². The van der Waals surface area contributed by atoms with Crippen molar-refractivity contribution >= 4 is 40.5 Å². The summed E-state index contributed by atoms with van der Waals surface area (Å²) in [6.07, 6.45) is 0.444. The smallest absolute Gasteiger partial charge is 0.252 e. The summed E-state index contributed by atoms with van der Waals surface area (Å²) in [5.74, 6) is -0.482. The normalized spacial score (nSPS) is 16.6. The topological polar surface area (TPSA) is 61.8 Å². The molecule has 162 valence electrons. The molecular formula is C26H24ClN3O2. The van der Waals surface area contributed by atoms with Crippen LogP contribution in [0.3, 0.4) is 0 Å². The van der Waals surface area contributed by atoms with Crippen LogP contribution in [0.15, 0.2) is 83.9 Å². The maximum atomic E-state index is 13.5. The van der Waals surface area contributed by atoms with Gasteiger partial charge in [0.2, 0.25) is 5.91 Å². The molecule has 0 fully saturated rings. The molecule has 4 rings (SSSR count). The lowest BCUT2D eigenvalue weighted by Gasteiger charge is -2.31. The van der Waals surface area contributed by atoms with E-state index < -0.39 is 12.1 Å². The first-order valence-electron chi connectivity index (χ1n) is 10.6. The lowest BCUT2D eigenvalue weighted by atomic mass is 9.99. The van der Waals surface area contributed by atoms with Crippen LogP contribution < -0.4 is 10.2 Å². The average Bonchev–Trinajstić information content (AvgIpc) is 2.91. The number of fused-ring (bicyclic) bond motifs is 1. The molecule has 1 heterocycles. The maximum absolute atomic E-state index is 13.5. The lowest BCUT2D eigenvalue weighted by molar-refractivity contribution is -0.124. The molecule has 3 aromatic rings. The number of hydrogen-bond donors (Lipinski definition) is 1. The van der Waals surface area contributed by atoms with Crippen LogP contribution in [0.2, 0.25) is 5.02 Å². The number of rotatable bonds is 5. The van der Waals surface area contributed by atoms with Gasteiger partial charge in [0, 0.05) is 21.8 Å². The molecule has 0 unspecified atom stereocenters. The molecule has 0 saturated carbocycles. The molecule has 0 aromatic heterocycles. The van der Waals surface area contributed by atoms with E-state index in [4.69, 9.17) is 16.6 Å². The third-order valence-corrected chi connectivity index (χ3v) is 5.71. The zero-order chi connectivity index (χ0) is 22.7. The zero-order valence-electron chi connectivity index (χ0n) is 18.0. The number of halogens is 1. The molecule has 5 nitrogen and oxygen atoms in total. The predicted molar refractivity (Wildman–Crippen MR) is 130 cm³/mol. The first-order valence-corrected chi connectivity index (χ1v) is 11.0. The van der Waals surface area contributed by atoms with Crippen LogP contribution in [-0.4, -0.2) is 29.6 Å². The van der Waals surface area contributed by atoms with Crippen molar-refractivity contribution in [3.05, 3.63) is 95.0 Å². The van der Waals surface area contributed by atoms with Gasteiger partial charge in [0.15, 0.2) is 0 Å². The van der Waals surface area contributed by atoms with Crippen molar-refractivity contribution in [2.45, 2.75) is 32.4 Å². The number of anilines is 2. The van der Waals surface area contributed by atoms with Crippen molar-refractivity contribution in [3.63, 3.8) is 0 Å². The number of carbonyl (C=O) groups is 2. The van der Waals surface area contributed by atoms with Gasteiger partial charge in [0.25, 0.3) is 5.91 Å². The minimum absolute atomic E-state index is 0.212. The van der Waals surface area contributed by atoms with E-state index in [0.29, 0.717) is 22.8 Å². The summed E-state index contributed by atoms with van der Waals surface area (Å²) < 4.78 is 0. The Morgan fingerprint density at radius 3 is 2.50 bits per heavy atom. The first-order chi connectivity index (χ1) is 15.5. The van der Waals surface area contributed by atoms with Crippen LogP contribution >= 0.6 is 11.6 Å². The molecule has 3 aromatic carbocycles. The number of benzodiazepines with no additional fused rings is 1. The second-order valence-corrected chi connectivity index (χ2v) is 8.11. The molecule has 1 aliphatic rings. The number of carbonyl (C=O) groups excluding carboxylic acids is 2. The largest absolute Gasteiger partial charge is 0.324 e. The quantitative estimate of drug-likeness (QED) is 0.577. The highest BCUT2D eigenvalue weighted by Crippen LogP contribution is 2.31. The van der Waals surface area contributed by atoms with Gasteiger partial charge in [-0.25, -0.2) is 0 Å². The van der Waals surface area contributed by atoms with E-state index in [1.54, 1.807) is 36.1 Å². The fourth-order valence-electron chi connectivity index (χ4n) is 3.95. The Hall–Kier alpha value is -3.44. The summed E-state index contributed by atoms with van der Waals surface area (Å²) in [7, 11) is 0. The van der Waals surface area contributed by atoms with Crippen molar-refractivity contribution in [3.8, 4) is 0 Å². The zero-order valence-corrected chi connectivity index (χ0v) is 18.7. The van der Waals surface area contributed by atoms with Crippen molar-refractivity contribution < 1.29 is 9.59 Å². The SMILES string of the molecule is CC[C@@H](C(=O)Nc1cccc(Cl)c1)N1C(=O)[C@H](C)N=C(c2ccccc2)c2ccccc21. The molecule has 32 heavy (non-hydrogen) atoms. The van der Waals surface area contributed by atoms with Crippen molar-refractivity contribution in [2.75, 3.05) is 10.2 Å². The van der Waals surface area contributed by atoms with E-state index in [-0.39, 0.29) is 11.8 Å². The van der Waals surface area contributed by atoms with Gasteiger partial charge in [-0.3, -0.25) is 19.5 Å². The molecule has 2 amide bonds. The van der Waals surface area contributed by atoms with Crippen LogP contribution in [0.1, 0.15) is 31.4 Å². The average molecular weight is 446 g/mol. The summed E-state index contributed by atoms with van der Waals surface area (Å²) in [5.41, 5.74) is 3.77. The van der Waals surface area contributed by atoms with Crippen LogP contribution in [0.25, 0.3) is 0 Å². The summed E-state index contributed by atoms with van der Waals surface area (Å²) in [6, 6.07) is 23.0. The van der Waals surface area contributed by atoms with Gasteiger partial charge in [-0.2, -0.15) is 0 Å². The molecule has 1 N–H and O–H groups in total. The summed E-state index contributed by atoms with van der Waals surface area (Å²) >= 11 is 6.06. The number of hydrogen-bond acceptors (Lipinski definition) is 3. The van der Waals surface area contributed by atoms with E-state index in [2.05, 4.69) is 5.32 Å². The minimum atomic E-state index is -0.699. The fraction of sp³-hybridized carbons (Fsp3) is 0.192. The second kappa shape index (κ2) is 9.37. The monoisotopic (exact) mass is 445 g/mol. The lowest BCUT2D eigenvalue weighted by Crippen LogP contribution is -2.50. The Kier molecular flexibility index (Phi) is 6.37. The van der Waals surface area contributed by atoms with Gasteiger partial charge < -0.3 is 5.32 Å². The number of nitrogens with one attached hydrogen (secondary N) is 1. The summed E-state index contributed by atoms with van der Waals surface area (Å²) in [5, 5.41) is 3.44. The Morgan fingerprint density at radius 2 is 1.78 bits per heavy atom. The molecule has 1 aliphatic heterocycles. The van der Waals surface area contributed by atoms with Gasteiger partial charge in [-0.05, 0) is 37.6 Å². The number of para-hydroxylation sites is 1. The number of nitrogens with zero attached hydrogens (tertiary/aromatic N) is 2. The van der Waals surface area contributed by atoms with Gasteiger partial charge in [-0.15, -0.1) is 0 Å². The van der Waals surface area contributed by atoms with Crippen molar-refractivity contribution in [2.24, 2.45) is 4.99 Å². The molecule has 0 aliphatic carbocycles. The van der Waals surface area contributed by atoms with Gasteiger partial charge in [0.1, 0.15) is 12.1 Å². The molecule has 0 saturated heterocycles. The van der Waals surface area contributed by atoms with E-state index in [0.717, 1.165) is 16.8 Å². The third kappa shape index (κ3) is 4.30. The highest BCUT2D eigenvalue weighted by Gasteiger charge is 2.36. The molecule has 6 heteroatoms. The molecule has 2 atom stereocenters. The Morgan fingerprint density at radius 1 is 1.06 bits per heavy atom. The Bertz CT molecular complexity index is 1180. The Balaban J connectivity index is 1.77. The molecule has 0 spiro atoms. The van der Waals surface area contributed by atoms with Gasteiger partial charge in [0.05, 0.1) is 11.4 Å². The molecule has 0 radical (unpaired) electrons. The van der Waals surface area contributed by atoms with E-state index in [9.17, 15) is 9.59 Å². The Labute approximate surface area is 192 Å². The van der Waals surface area contributed by atoms with Crippen LogP contribution in [0.4, 0.5) is 11.4 Å². The minimum Gasteiger partial charge on any atom is -0.324 e. The van der Waals surface area contributed by atoms with Crippen LogP contribution in [-0.2, 0) is 9.59 Å². The number of aliphatic imine (C=N–C) groups is 1. The number of benzene rings is 3. The predicted octanol–water partition coefficient (Wildman–Crippen LogP) is 5.33. The highest BCUT2D eigenvalue weighted by molar-refractivity contribution is 6.31. The van der Waals surface area contributed by atoms with Crippen LogP contribution in [0.5, 0.6) is 0 Å². The standard InChI is InChI=1S/C26H24ClN3O2/c1-3-22(25(31)29-20-13-9-12-19(27)16-20)30-23-15-8-7-14-21(23)24(28-17(2)26(30)32)18-10-5-4-6-11-18/h4-17,22H,3H2,1-2H3,(H,29,31)/t17-,22-/m0/s1. The van der Waals surface area contributed by atoms with E-state index in [1.807, 2.05) is 61.5 Å². The van der Waals surface area contributed by atoms with Crippen LogP contribution in [0, 0.1) is 0 Å². The maximum Gasteiger partial charge on any atom is 0.252 e. The third-order valence-electron chi connectivity index (χ3n) is 5.48. The van der Waals surface area contributed by atoms with Gasteiger partial charge in [-0.1, -0.05) is 73.1 Å². The van der Waals surface area contributed by atoms with E-state index >= 15 is 0 Å². The second-order valence-electron chi connectivity index (χ2n) is 7.67. The molecular weight excluding hydrogens is 422 g/mol. The van der Waals surface area contributed by atoms with Crippen molar-refractivity contribution in [1.29, 1.82) is 0 Å². The van der Waals surface area contributed by atoms with E-state index in [1.165, 1.54) is 0 Å². The highest BCUT2D eigenvalue weighted by atomic mass is 35.5. The first kappa shape index (κ1) is 21.8.